The van der Waals surface area contributed by atoms with Gasteiger partial charge in [0.25, 0.3) is 0 Å². The maximum atomic E-state index is 12.1. The van der Waals surface area contributed by atoms with Crippen LogP contribution in [0.1, 0.15) is 24.8 Å². The summed E-state index contributed by atoms with van der Waals surface area (Å²) in [6, 6.07) is 10.1. The number of hydrogen-bond donors (Lipinski definition) is 1. The largest absolute Gasteiger partial charge is 0.352 e. The van der Waals surface area contributed by atoms with E-state index in [1.165, 1.54) is 0 Å². The first-order valence-corrected chi connectivity index (χ1v) is 5.74. The Morgan fingerprint density at radius 2 is 2.06 bits per heavy atom. The molecule has 0 bridgehead atoms. The van der Waals surface area contributed by atoms with Gasteiger partial charge in [0.2, 0.25) is 5.91 Å². The summed E-state index contributed by atoms with van der Waals surface area (Å²) in [6.45, 7) is 4.17. The van der Waals surface area contributed by atoms with E-state index in [-0.39, 0.29) is 11.3 Å². The fourth-order valence-corrected chi connectivity index (χ4v) is 2.27. The van der Waals surface area contributed by atoms with Crippen LogP contribution in [0.25, 0.3) is 0 Å². The fraction of sp³-hybridized carbons (Fsp3) is 0.357. The normalized spacial score (nSPS) is 17.2. The quantitative estimate of drug-likeness (QED) is 0.768. The number of carbonyl (C=O) groups excluding carboxylic acids is 1. The lowest BCUT2D eigenvalue weighted by Crippen LogP contribution is -2.49. The molecule has 1 N–H and O–H groups in total. The van der Waals surface area contributed by atoms with E-state index in [0.717, 1.165) is 24.8 Å². The molecule has 1 aliphatic carbocycles. The Kier molecular flexibility index (Phi) is 3.09. The molecular formula is C14H17NO. The zero-order valence-corrected chi connectivity index (χ0v) is 9.41. The van der Waals surface area contributed by atoms with Crippen molar-refractivity contribution in [2.75, 3.05) is 6.54 Å². The Morgan fingerprint density at radius 1 is 1.38 bits per heavy atom. The summed E-state index contributed by atoms with van der Waals surface area (Å²) in [4.78, 5) is 12.1. The van der Waals surface area contributed by atoms with E-state index >= 15 is 0 Å². The zero-order chi connectivity index (χ0) is 11.4. The highest BCUT2D eigenvalue weighted by Gasteiger charge is 2.45. The third kappa shape index (κ3) is 1.75. The molecular weight excluding hydrogens is 198 g/mol. The van der Waals surface area contributed by atoms with Gasteiger partial charge in [0.15, 0.2) is 0 Å². The Hall–Kier alpha value is -1.57. The van der Waals surface area contributed by atoms with Crippen molar-refractivity contribution < 1.29 is 4.79 Å². The summed E-state index contributed by atoms with van der Waals surface area (Å²) in [7, 11) is 0. The minimum Gasteiger partial charge on any atom is -0.352 e. The van der Waals surface area contributed by atoms with Crippen LogP contribution in [0.2, 0.25) is 0 Å². The molecule has 0 aliphatic heterocycles. The molecule has 0 spiro atoms. The van der Waals surface area contributed by atoms with Crippen molar-refractivity contribution in [3.8, 4) is 0 Å². The average molecular weight is 215 g/mol. The molecule has 1 aromatic rings. The van der Waals surface area contributed by atoms with Gasteiger partial charge in [-0.3, -0.25) is 4.79 Å². The average Bonchev–Trinajstić information content (AvgIpc) is 2.26. The molecule has 0 heterocycles. The van der Waals surface area contributed by atoms with Gasteiger partial charge < -0.3 is 5.32 Å². The number of carbonyl (C=O) groups is 1. The molecule has 0 aromatic heterocycles. The Bertz CT molecular complexity index is 379. The zero-order valence-electron chi connectivity index (χ0n) is 9.41. The van der Waals surface area contributed by atoms with Gasteiger partial charge in [0.05, 0.1) is 5.41 Å². The molecule has 2 heteroatoms. The molecule has 84 valence electrons. The van der Waals surface area contributed by atoms with E-state index in [0.29, 0.717) is 6.54 Å². The molecule has 0 saturated heterocycles. The molecule has 1 fully saturated rings. The van der Waals surface area contributed by atoms with Gasteiger partial charge in [-0.15, -0.1) is 6.58 Å². The lowest BCUT2D eigenvalue weighted by Gasteiger charge is -2.40. The van der Waals surface area contributed by atoms with Gasteiger partial charge in [-0.1, -0.05) is 42.8 Å². The van der Waals surface area contributed by atoms with Crippen LogP contribution in [-0.4, -0.2) is 12.5 Å². The summed E-state index contributed by atoms with van der Waals surface area (Å²) in [6.07, 6.45) is 4.77. The van der Waals surface area contributed by atoms with Crippen molar-refractivity contribution in [3.63, 3.8) is 0 Å². The van der Waals surface area contributed by atoms with Crippen molar-refractivity contribution in [2.24, 2.45) is 0 Å². The molecule has 1 aliphatic rings. The first-order chi connectivity index (χ1) is 7.79. The molecule has 16 heavy (non-hydrogen) atoms. The van der Waals surface area contributed by atoms with Crippen LogP contribution in [0.15, 0.2) is 43.0 Å². The van der Waals surface area contributed by atoms with Crippen LogP contribution < -0.4 is 5.32 Å². The van der Waals surface area contributed by atoms with Crippen LogP contribution in [0, 0.1) is 0 Å². The van der Waals surface area contributed by atoms with Crippen molar-refractivity contribution in [1.82, 2.24) is 5.32 Å². The number of hydrogen-bond acceptors (Lipinski definition) is 1. The summed E-state index contributed by atoms with van der Waals surface area (Å²) in [5, 5.41) is 2.92. The number of benzene rings is 1. The summed E-state index contributed by atoms with van der Waals surface area (Å²) in [5.41, 5.74) is 0.868. The second-order valence-corrected chi connectivity index (χ2v) is 4.30. The van der Waals surface area contributed by atoms with Crippen LogP contribution >= 0.6 is 0 Å². The van der Waals surface area contributed by atoms with E-state index in [9.17, 15) is 4.79 Å². The molecule has 2 nitrogen and oxygen atoms in total. The van der Waals surface area contributed by atoms with E-state index in [4.69, 9.17) is 0 Å². The first kappa shape index (κ1) is 10.9. The Labute approximate surface area is 96.4 Å². The van der Waals surface area contributed by atoms with Gasteiger partial charge in [-0.2, -0.15) is 0 Å². The summed E-state index contributed by atoms with van der Waals surface area (Å²) >= 11 is 0. The lowest BCUT2D eigenvalue weighted by atomic mass is 9.64. The second-order valence-electron chi connectivity index (χ2n) is 4.30. The number of nitrogens with one attached hydrogen (secondary N) is 1. The topological polar surface area (TPSA) is 29.1 Å². The van der Waals surface area contributed by atoms with Gasteiger partial charge in [0, 0.05) is 6.54 Å². The standard InChI is InChI=1S/C14H17NO/c1-2-11-15-13(16)14(9-6-10-14)12-7-4-3-5-8-12/h2-5,7-8H,1,6,9-11H2,(H,15,16). The van der Waals surface area contributed by atoms with Crippen molar-refractivity contribution in [3.05, 3.63) is 48.6 Å². The fourth-order valence-electron chi connectivity index (χ4n) is 2.27. The Balaban J connectivity index is 2.20. The van der Waals surface area contributed by atoms with Crippen LogP contribution in [0.3, 0.4) is 0 Å². The van der Waals surface area contributed by atoms with Gasteiger partial charge in [-0.05, 0) is 18.4 Å². The van der Waals surface area contributed by atoms with Crippen LogP contribution in [-0.2, 0) is 10.2 Å². The Morgan fingerprint density at radius 3 is 2.56 bits per heavy atom. The summed E-state index contributed by atoms with van der Waals surface area (Å²) in [5.74, 6) is 0.143. The van der Waals surface area contributed by atoms with Gasteiger partial charge >= 0.3 is 0 Å². The number of rotatable bonds is 4. The lowest BCUT2D eigenvalue weighted by molar-refractivity contribution is -0.129. The molecule has 0 atom stereocenters. The first-order valence-electron chi connectivity index (χ1n) is 5.74. The highest BCUT2D eigenvalue weighted by Crippen LogP contribution is 2.43. The van der Waals surface area contributed by atoms with E-state index < -0.39 is 0 Å². The van der Waals surface area contributed by atoms with Gasteiger partial charge in [-0.25, -0.2) is 0 Å². The highest BCUT2D eigenvalue weighted by molar-refractivity contribution is 5.89. The van der Waals surface area contributed by atoms with E-state index in [1.807, 2.05) is 30.3 Å². The van der Waals surface area contributed by atoms with Crippen LogP contribution in [0.5, 0.6) is 0 Å². The molecule has 0 radical (unpaired) electrons. The minimum atomic E-state index is -0.274. The van der Waals surface area contributed by atoms with E-state index in [2.05, 4.69) is 11.9 Å². The van der Waals surface area contributed by atoms with Crippen molar-refractivity contribution in [2.45, 2.75) is 24.7 Å². The van der Waals surface area contributed by atoms with Gasteiger partial charge in [0.1, 0.15) is 0 Å². The highest BCUT2D eigenvalue weighted by atomic mass is 16.2. The number of amides is 1. The van der Waals surface area contributed by atoms with Crippen molar-refractivity contribution >= 4 is 5.91 Å². The smallest absolute Gasteiger partial charge is 0.230 e. The second kappa shape index (κ2) is 4.52. The third-order valence-corrected chi connectivity index (χ3v) is 3.38. The van der Waals surface area contributed by atoms with Crippen molar-refractivity contribution in [1.29, 1.82) is 0 Å². The third-order valence-electron chi connectivity index (χ3n) is 3.38. The summed E-state index contributed by atoms with van der Waals surface area (Å²) < 4.78 is 0. The minimum absolute atomic E-state index is 0.143. The molecule has 0 unspecified atom stereocenters. The molecule has 1 saturated carbocycles. The monoisotopic (exact) mass is 215 g/mol. The van der Waals surface area contributed by atoms with E-state index in [1.54, 1.807) is 6.08 Å². The SMILES string of the molecule is C=CCNC(=O)C1(c2ccccc2)CCC1. The molecule has 1 aromatic carbocycles. The maximum absolute atomic E-state index is 12.1. The molecule has 2 rings (SSSR count). The maximum Gasteiger partial charge on any atom is 0.230 e. The predicted octanol–water partition coefficient (Wildman–Crippen LogP) is 2.41. The predicted molar refractivity (Wildman–Crippen MR) is 65.2 cm³/mol. The molecule has 1 amide bonds. The van der Waals surface area contributed by atoms with Crippen LogP contribution in [0.4, 0.5) is 0 Å².